The van der Waals surface area contributed by atoms with Crippen LogP contribution in [0.1, 0.15) is 64.3 Å². The van der Waals surface area contributed by atoms with Crippen LogP contribution in [0.4, 0.5) is 0 Å². The largest absolute Gasteiger partial charge is 0.455 e. The number of esters is 1. The Morgan fingerprint density at radius 2 is 1.87 bits per heavy atom. The van der Waals surface area contributed by atoms with Gasteiger partial charge in [0.15, 0.2) is 0 Å². The number of nitrogens with one attached hydrogen (secondary N) is 3. The fraction of sp³-hybridized carbons (Fsp3) is 0.481. The zero-order valence-corrected chi connectivity index (χ0v) is 22.1. The SMILES string of the molecule is CC(C)C1NC(=O)C/C=C/c2ccc3ncc(nc3c2)[C@@H](C)OC(=O)[C@@H]2CCCN(N2)C(=O)[C@H](C)NC1=O. The highest BCUT2D eigenvalue weighted by Crippen LogP contribution is 2.21. The van der Waals surface area contributed by atoms with Crippen LogP contribution in [0.2, 0.25) is 0 Å². The molecule has 1 unspecified atom stereocenters. The Hall–Kier alpha value is -3.86. The Labute approximate surface area is 221 Å². The standard InChI is InChI=1S/C27H34N6O5/c1-15(2)24-25(35)29-16(3)26(36)33-12-6-8-20(32-33)27(37)38-17(4)22-14-28-19-11-10-18(13-21(19)30-22)7-5-9-23(34)31-24/h5,7,10-11,13-17,20,24,32H,6,8-9,12H2,1-4H3,(H,29,35)(H,31,34)/b7-5+/t16-,17+,20-,24?/m0/s1. The number of nitrogens with zero attached hydrogens (tertiary/aromatic N) is 3. The fourth-order valence-electron chi connectivity index (χ4n) is 4.44. The van der Waals surface area contributed by atoms with Crippen LogP contribution in [-0.2, 0) is 23.9 Å². The summed E-state index contributed by atoms with van der Waals surface area (Å²) in [6.07, 6.45) is 5.58. The van der Waals surface area contributed by atoms with E-state index in [1.165, 1.54) is 5.01 Å². The van der Waals surface area contributed by atoms with Crippen molar-refractivity contribution in [3.8, 4) is 0 Å². The van der Waals surface area contributed by atoms with Crippen LogP contribution in [0.5, 0.6) is 0 Å². The molecule has 5 bridgehead atoms. The van der Waals surface area contributed by atoms with E-state index in [1.807, 2.05) is 32.0 Å². The van der Waals surface area contributed by atoms with E-state index < -0.39 is 36.1 Å². The predicted octanol–water partition coefficient (Wildman–Crippen LogP) is 1.79. The van der Waals surface area contributed by atoms with Gasteiger partial charge in [-0.15, -0.1) is 0 Å². The summed E-state index contributed by atoms with van der Waals surface area (Å²) in [5.41, 5.74) is 5.58. The summed E-state index contributed by atoms with van der Waals surface area (Å²) >= 11 is 0. The summed E-state index contributed by atoms with van der Waals surface area (Å²) in [4.78, 5) is 60.7. The van der Waals surface area contributed by atoms with Crippen molar-refractivity contribution in [3.63, 3.8) is 0 Å². The van der Waals surface area contributed by atoms with Gasteiger partial charge < -0.3 is 15.4 Å². The molecule has 11 heteroatoms. The summed E-state index contributed by atoms with van der Waals surface area (Å²) in [5.74, 6) is -1.85. The second kappa shape index (κ2) is 11.7. The first-order chi connectivity index (χ1) is 18.1. The minimum Gasteiger partial charge on any atom is -0.455 e. The van der Waals surface area contributed by atoms with E-state index in [0.717, 1.165) is 5.56 Å². The van der Waals surface area contributed by atoms with E-state index in [1.54, 1.807) is 32.2 Å². The van der Waals surface area contributed by atoms with Gasteiger partial charge >= 0.3 is 5.97 Å². The van der Waals surface area contributed by atoms with Gasteiger partial charge in [0, 0.05) is 13.0 Å². The van der Waals surface area contributed by atoms with Gasteiger partial charge in [-0.25, -0.2) is 10.4 Å². The van der Waals surface area contributed by atoms with Gasteiger partial charge in [-0.1, -0.05) is 32.1 Å². The maximum absolute atomic E-state index is 13.1. The molecule has 1 fully saturated rings. The Kier molecular flexibility index (Phi) is 8.35. The monoisotopic (exact) mass is 522 g/mol. The number of aromatic nitrogens is 2. The number of amides is 3. The van der Waals surface area contributed by atoms with Gasteiger partial charge in [0.1, 0.15) is 24.2 Å². The number of fused-ring (bicyclic) bond motifs is 4. The lowest BCUT2D eigenvalue weighted by Crippen LogP contribution is -2.61. The van der Waals surface area contributed by atoms with Gasteiger partial charge in [0.25, 0.3) is 5.91 Å². The highest BCUT2D eigenvalue weighted by Gasteiger charge is 2.33. The van der Waals surface area contributed by atoms with E-state index in [0.29, 0.717) is 36.1 Å². The van der Waals surface area contributed by atoms with Gasteiger partial charge in [0.05, 0.1) is 22.9 Å². The Morgan fingerprint density at radius 3 is 2.63 bits per heavy atom. The van der Waals surface area contributed by atoms with Crippen molar-refractivity contribution in [1.82, 2.24) is 31.0 Å². The molecule has 38 heavy (non-hydrogen) atoms. The third-order valence-electron chi connectivity index (χ3n) is 6.64. The molecule has 1 aromatic carbocycles. The number of hydrogen-bond donors (Lipinski definition) is 3. The Morgan fingerprint density at radius 1 is 1.08 bits per heavy atom. The van der Waals surface area contributed by atoms with Crippen molar-refractivity contribution >= 4 is 40.8 Å². The smallest absolute Gasteiger partial charge is 0.325 e. The number of carbonyl (C=O) groups excluding carboxylic acids is 4. The Bertz CT molecular complexity index is 1260. The number of hydrazine groups is 1. The molecule has 0 saturated carbocycles. The van der Waals surface area contributed by atoms with Crippen molar-refractivity contribution < 1.29 is 23.9 Å². The first kappa shape index (κ1) is 27.2. The summed E-state index contributed by atoms with van der Waals surface area (Å²) in [6.45, 7) is 7.32. The lowest BCUT2D eigenvalue weighted by Gasteiger charge is -2.35. The molecule has 3 N–H and O–H groups in total. The number of rotatable bonds is 1. The Balaban J connectivity index is 1.64. The predicted molar refractivity (Wildman–Crippen MR) is 140 cm³/mol. The highest BCUT2D eigenvalue weighted by atomic mass is 16.5. The number of benzene rings is 1. The maximum atomic E-state index is 13.1. The van der Waals surface area contributed by atoms with Gasteiger partial charge in [-0.3, -0.25) is 29.2 Å². The summed E-state index contributed by atoms with van der Waals surface area (Å²) in [7, 11) is 0. The van der Waals surface area contributed by atoms with Crippen LogP contribution < -0.4 is 16.1 Å². The average molecular weight is 523 g/mol. The number of cyclic esters (lactones) is 1. The van der Waals surface area contributed by atoms with Crippen molar-refractivity contribution in [2.75, 3.05) is 6.54 Å². The van der Waals surface area contributed by atoms with Gasteiger partial charge in [0.2, 0.25) is 11.8 Å². The molecule has 202 valence electrons. The number of hydrogen-bond acceptors (Lipinski definition) is 8. The first-order valence-electron chi connectivity index (χ1n) is 12.9. The second-order valence-electron chi connectivity index (χ2n) is 10.1. The van der Waals surface area contributed by atoms with E-state index in [4.69, 9.17) is 4.74 Å². The molecular weight excluding hydrogens is 488 g/mol. The van der Waals surface area contributed by atoms with Crippen LogP contribution in [-0.4, -0.2) is 63.3 Å². The molecule has 11 nitrogen and oxygen atoms in total. The highest BCUT2D eigenvalue weighted by molar-refractivity contribution is 5.92. The normalized spacial score (nSPS) is 26.6. The van der Waals surface area contributed by atoms with Crippen LogP contribution in [0, 0.1) is 5.92 Å². The summed E-state index contributed by atoms with van der Waals surface area (Å²) in [6, 6.07) is 3.13. The number of carbonyl (C=O) groups is 4. The molecule has 0 spiro atoms. The van der Waals surface area contributed by atoms with Crippen molar-refractivity contribution in [2.45, 2.75) is 71.2 Å². The third-order valence-corrected chi connectivity index (χ3v) is 6.64. The van der Waals surface area contributed by atoms with E-state index in [-0.39, 0.29) is 24.2 Å². The molecule has 2 aromatic rings. The molecule has 2 aliphatic heterocycles. The first-order valence-corrected chi connectivity index (χ1v) is 12.9. The average Bonchev–Trinajstić information content (AvgIpc) is 2.90. The quantitative estimate of drug-likeness (QED) is 0.481. The van der Waals surface area contributed by atoms with Gasteiger partial charge in [-0.05, 0) is 50.3 Å². The van der Waals surface area contributed by atoms with Crippen LogP contribution in [0.3, 0.4) is 0 Å². The fourth-order valence-corrected chi connectivity index (χ4v) is 4.44. The van der Waals surface area contributed by atoms with Crippen LogP contribution in [0.15, 0.2) is 30.5 Å². The molecule has 0 radical (unpaired) electrons. The molecular formula is C27H34N6O5. The molecule has 3 heterocycles. The van der Waals surface area contributed by atoms with Crippen LogP contribution >= 0.6 is 0 Å². The lowest BCUT2D eigenvalue weighted by molar-refractivity contribution is -0.157. The summed E-state index contributed by atoms with van der Waals surface area (Å²) in [5, 5.41) is 6.83. The minimum absolute atomic E-state index is 0.0702. The number of ether oxygens (including phenoxy) is 1. The molecule has 3 amide bonds. The van der Waals surface area contributed by atoms with Crippen molar-refractivity contribution in [2.24, 2.45) is 5.92 Å². The van der Waals surface area contributed by atoms with Crippen molar-refractivity contribution in [3.05, 3.63) is 41.7 Å². The van der Waals surface area contributed by atoms with E-state index >= 15 is 0 Å². The van der Waals surface area contributed by atoms with Crippen molar-refractivity contribution in [1.29, 1.82) is 0 Å². The topological polar surface area (TPSA) is 143 Å². The molecule has 4 atom stereocenters. The van der Waals surface area contributed by atoms with Gasteiger partial charge in [-0.2, -0.15) is 0 Å². The zero-order chi connectivity index (χ0) is 27.4. The lowest BCUT2D eigenvalue weighted by atomic mass is 10.0. The third kappa shape index (κ3) is 6.34. The van der Waals surface area contributed by atoms with E-state index in [2.05, 4.69) is 26.0 Å². The molecule has 1 saturated heterocycles. The second-order valence-corrected chi connectivity index (χ2v) is 10.1. The molecule has 4 rings (SSSR count). The van der Waals surface area contributed by atoms with Crippen LogP contribution in [0.25, 0.3) is 17.1 Å². The minimum atomic E-state index is -0.871. The summed E-state index contributed by atoms with van der Waals surface area (Å²) < 4.78 is 5.68. The molecule has 0 aliphatic carbocycles. The zero-order valence-electron chi connectivity index (χ0n) is 22.1. The maximum Gasteiger partial charge on any atom is 0.325 e. The molecule has 2 aliphatic rings. The molecule has 1 aromatic heterocycles. The van der Waals surface area contributed by atoms with E-state index in [9.17, 15) is 19.2 Å².